The number of aromatic nitrogens is 3. The average molecular weight is 243 g/mol. The van der Waals surface area contributed by atoms with Crippen LogP contribution < -0.4 is 0 Å². The highest BCUT2D eigenvalue weighted by Crippen LogP contribution is 2.26. The maximum absolute atomic E-state index is 11.3. The Morgan fingerprint density at radius 2 is 2.33 bits per heavy atom. The zero-order valence-electron chi connectivity index (χ0n) is 8.26. The summed E-state index contributed by atoms with van der Waals surface area (Å²) < 4.78 is 17.7. The first-order chi connectivity index (χ1) is 7.22. The van der Waals surface area contributed by atoms with E-state index in [2.05, 4.69) is 15.0 Å². The van der Waals surface area contributed by atoms with Crippen molar-refractivity contribution < 1.29 is 9.29 Å². The summed E-state index contributed by atoms with van der Waals surface area (Å²) in [5.74, 6) is 0. The number of hydrogen-bond donors (Lipinski definition) is 0. The number of thiazole rings is 1. The molecule has 5 nitrogen and oxygen atoms in total. The lowest BCUT2D eigenvalue weighted by molar-refractivity contribution is 0.183. The molecule has 0 aromatic carbocycles. The van der Waals surface area contributed by atoms with Crippen LogP contribution in [0.2, 0.25) is 0 Å². The quantitative estimate of drug-likeness (QED) is 0.751. The second-order valence-electron chi connectivity index (χ2n) is 2.84. The molecule has 2 aromatic rings. The molecule has 0 bridgehead atoms. The van der Waals surface area contributed by atoms with Gasteiger partial charge in [-0.15, -0.1) is 0 Å². The van der Waals surface area contributed by atoms with Gasteiger partial charge in [-0.05, 0) is 0 Å². The van der Waals surface area contributed by atoms with Gasteiger partial charge in [-0.3, -0.25) is 0 Å². The summed E-state index contributed by atoms with van der Waals surface area (Å²) in [6, 6.07) is 0. The van der Waals surface area contributed by atoms with Crippen LogP contribution in [0.25, 0.3) is 10.3 Å². The predicted octanol–water partition coefficient (Wildman–Crippen LogP) is 0.970. The number of ether oxygens (including phenoxy) is 1. The Bertz CT molecular complexity index is 472. The molecule has 1 unspecified atom stereocenters. The predicted molar refractivity (Wildman–Crippen MR) is 58.3 cm³/mol. The SMILES string of the molecule is COCc1ncnc2nc([S+](C)[O-])sc12. The lowest BCUT2D eigenvalue weighted by Gasteiger charge is -1.97. The van der Waals surface area contributed by atoms with Crippen molar-refractivity contribution in [1.29, 1.82) is 0 Å². The molecule has 0 aliphatic heterocycles. The molecule has 2 rings (SSSR count). The highest BCUT2D eigenvalue weighted by Gasteiger charge is 2.15. The average Bonchev–Trinajstić information content (AvgIpc) is 2.63. The Kier molecular flexibility index (Phi) is 3.15. The van der Waals surface area contributed by atoms with Crippen molar-refractivity contribution in [1.82, 2.24) is 15.0 Å². The third kappa shape index (κ3) is 2.10. The fourth-order valence-electron chi connectivity index (χ4n) is 1.14. The highest BCUT2D eigenvalue weighted by atomic mass is 32.2. The van der Waals surface area contributed by atoms with Crippen molar-refractivity contribution in [2.45, 2.75) is 10.9 Å². The van der Waals surface area contributed by atoms with Crippen LogP contribution in [0.3, 0.4) is 0 Å². The van der Waals surface area contributed by atoms with Gasteiger partial charge in [0.05, 0.1) is 12.3 Å². The zero-order chi connectivity index (χ0) is 10.8. The molecular formula is C8H9N3O2S2. The molecule has 0 saturated heterocycles. The Hall–Kier alpha value is -0.760. The number of nitrogens with zero attached hydrogens (tertiary/aromatic N) is 3. The first-order valence-electron chi connectivity index (χ1n) is 4.15. The van der Waals surface area contributed by atoms with Crippen LogP contribution in [0.1, 0.15) is 5.69 Å². The molecular weight excluding hydrogens is 234 g/mol. The van der Waals surface area contributed by atoms with E-state index in [0.29, 0.717) is 16.6 Å². The molecule has 15 heavy (non-hydrogen) atoms. The Balaban J connectivity index is 2.54. The summed E-state index contributed by atoms with van der Waals surface area (Å²) in [6.07, 6.45) is 3.04. The van der Waals surface area contributed by atoms with Crippen LogP contribution in [-0.4, -0.2) is 32.9 Å². The molecule has 2 heterocycles. The standard InChI is InChI=1S/C8H9N3O2S2/c1-13-3-5-6-7(10-4-9-5)11-8(14-6)15(2)12/h4H,3H2,1-2H3. The first kappa shape index (κ1) is 10.7. The fraction of sp³-hybridized carbons (Fsp3) is 0.375. The molecule has 0 N–H and O–H groups in total. The minimum absolute atomic E-state index is 0.414. The fourth-order valence-corrected chi connectivity index (χ4v) is 2.80. The number of fused-ring (bicyclic) bond motifs is 1. The monoisotopic (exact) mass is 243 g/mol. The van der Waals surface area contributed by atoms with Crippen molar-refractivity contribution in [3.63, 3.8) is 0 Å². The molecule has 80 valence electrons. The van der Waals surface area contributed by atoms with E-state index in [4.69, 9.17) is 4.74 Å². The van der Waals surface area contributed by atoms with E-state index in [1.165, 1.54) is 17.7 Å². The molecule has 7 heteroatoms. The van der Waals surface area contributed by atoms with Gasteiger partial charge in [0.25, 0.3) is 0 Å². The van der Waals surface area contributed by atoms with Gasteiger partial charge in [-0.2, -0.15) is 4.98 Å². The van der Waals surface area contributed by atoms with Gasteiger partial charge < -0.3 is 9.29 Å². The Morgan fingerprint density at radius 1 is 1.53 bits per heavy atom. The summed E-state index contributed by atoms with van der Waals surface area (Å²) in [6.45, 7) is 0.414. The summed E-state index contributed by atoms with van der Waals surface area (Å²) in [5, 5.41) is 0. The minimum Gasteiger partial charge on any atom is -0.610 e. The maximum atomic E-state index is 11.3. The smallest absolute Gasteiger partial charge is 0.303 e. The Labute approximate surface area is 93.7 Å². The first-order valence-corrected chi connectivity index (χ1v) is 6.52. The second-order valence-corrected chi connectivity index (χ2v) is 5.39. The van der Waals surface area contributed by atoms with E-state index in [0.717, 1.165) is 10.4 Å². The van der Waals surface area contributed by atoms with Gasteiger partial charge in [0.15, 0.2) is 5.65 Å². The van der Waals surface area contributed by atoms with E-state index >= 15 is 0 Å². The summed E-state index contributed by atoms with van der Waals surface area (Å²) in [5.41, 5.74) is 1.38. The maximum Gasteiger partial charge on any atom is 0.303 e. The summed E-state index contributed by atoms with van der Waals surface area (Å²) >= 11 is 0.281. The van der Waals surface area contributed by atoms with Gasteiger partial charge in [0, 0.05) is 18.3 Å². The van der Waals surface area contributed by atoms with Crippen molar-refractivity contribution in [2.24, 2.45) is 0 Å². The molecule has 1 atom stereocenters. The van der Waals surface area contributed by atoms with Gasteiger partial charge in [-0.1, -0.05) is 11.3 Å². The normalized spacial score (nSPS) is 13.3. The lowest BCUT2D eigenvalue weighted by Crippen LogP contribution is -1.95. The van der Waals surface area contributed by atoms with E-state index in [1.807, 2.05) is 0 Å². The molecule has 0 aliphatic carbocycles. The van der Waals surface area contributed by atoms with Crippen molar-refractivity contribution in [2.75, 3.05) is 13.4 Å². The van der Waals surface area contributed by atoms with Crippen molar-refractivity contribution in [3.05, 3.63) is 12.0 Å². The Morgan fingerprint density at radius 3 is 3.00 bits per heavy atom. The van der Waals surface area contributed by atoms with Gasteiger partial charge in [-0.25, -0.2) is 9.97 Å². The van der Waals surface area contributed by atoms with Crippen LogP contribution in [0.15, 0.2) is 10.7 Å². The molecule has 0 spiro atoms. The third-order valence-electron chi connectivity index (χ3n) is 1.77. The number of rotatable bonds is 3. The largest absolute Gasteiger partial charge is 0.610 e. The molecule has 0 saturated carbocycles. The minimum atomic E-state index is -1.07. The summed E-state index contributed by atoms with van der Waals surface area (Å²) in [7, 11) is 1.61. The van der Waals surface area contributed by atoms with Crippen LogP contribution in [0, 0.1) is 0 Å². The van der Waals surface area contributed by atoms with Crippen LogP contribution >= 0.6 is 11.3 Å². The molecule has 2 aromatic heterocycles. The topological polar surface area (TPSA) is 71.0 Å². The zero-order valence-corrected chi connectivity index (χ0v) is 9.89. The van der Waals surface area contributed by atoms with Crippen molar-refractivity contribution >= 4 is 32.9 Å². The third-order valence-corrected chi connectivity index (χ3v) is 4.20. The van der Waals surface area contributed by atoms with Crippen molar-refractivity contribution in [3.8, 4) is 0 Å². The van der Waals surface area contributed by atoms with E-state index in [9.17, 15) is 4.55 Å². The second kappa shape index (κ2) is 4.40. The molecule has 0 fully saturated rings. The van der Waals surface area contributed by atoms with Gasteiger partial charge >= 0.3 is 4.34 Å². The number of methoxy groups -OCH3 is 1. The van der Waals surface area contributed by atoms with E-state index in [-0.39, 0.29) is 0 Å². The molecule has 0 aliphatic rings. The van der Waals surface area contributed by atoms with Crippen LogP contribution in [0.5, 0.6) is 0 Å². The lowest BCUT2D eigenvalue weighted by atomic mass is 10.4. The van der Waals surface area contributed by atoms with Crippen LogP contribution in [-0.2, 0) is 22.5 Å². The number of hydrogen-bond acceptors (Lipinski definition) is 6. The highest BCUT2D eigenvalue weighted by molar-refractivity contribution is 7.92. The molecule has 0 amide bonds. The van der Waals surface area contributed by atoms with Gasteiger partial charge in [0.1, 0.15) is 17.3 Å². The van der Waals surface area contributed by atoms with Crippen LogP contribution in [0.4, 0.5) is 0 Å². The van der Waals surface area contributed by atoms with Gasteiger partial charge in [0.2, 0.25) is 0 Å². The van der Waals surface area contributed by atoms with E-state index in [1.54, 1.807) is 13.4 Å². The van der Waals surface area contributed by atoms with E-state index < -0.39 is 11.2 Å². The molecule has 0 radical (unpaired) electrons. The summed E-state index contributed by atoms with van der Waals surface area (Å²) in [4.78, 5) is 12.3.